The van der Waals surface area contributed by atoms with E-state index in [0.717, 1.165) is 6.54 Å². The molecule has 0 saturated carbocycles. The number of nitrogens with one attached hydrogen (secondary N) is 1. The van der Waals surface area contributed by atoms with Crippen LogP contribution in [0.3, 0.4) is 0 Å². The summed E-state index contributed by atoms with van der Waals surface area (Å²) in [5, 5.41) is 14.7. The zero-order valence-electron chi connectivity index (χ0n) is 10.8. The van der Waals surface area contributed by atoms with Crippen LogP contribution in [0, 0.1) is 10.1 Å². The summed E-state index contributed by atoms with van der Waals surface area (Å²) in [6.07, 6.45) is 2.43. The van der Waals surface area contributed by atoms with Crippen molar-refractivity contribution in [3.05, 3.63) is 38.9 Å². The SMILES string of the molecule is CC1(CNCc2c(Cl)cccc2[N+](=O)[O-])CCCS1. The molecule has 1 saturated heterocycles. The monoisotopic (exact) mass is 300 g/mol. The second kappa shape index (κ2) is 6.11. The highest BCUT2D eigenvalue weighted by atomic mass is 35.5. The van der Waals surface area contributed by atoms with Crippen molar-refractivity contribution in [3.63, 3.8) is 0 Å². The van der Waals surface area contributed by atoms with Gasteiger partial charge in [0.05, 0.1) is 15.5 Å². The first-order valence-corrected chi connectivity index (χ1v) is 7.65. The van der Waals surface area contributed by atoms with Gasteiger partial charge in [-0.15, -0.1) is 0 Å². The van der Waals surface area contributed by atoms with Gasteiger partial charge >= 0.3 is 0 Å². The van der Waals surface area contributed by atoms with Gasteiger partial charge in [0.15, 0.2) is 0 Å². The summed E-state index contributed by atoms with van der Waals surface area (Å²) in [5.74, 6) is 1.20. The van der Waals surface area contributed by atoms with Crippen LogP contribution >= 0.6 is 23.4 Å². The van der Waals surface area contributed by atoms with Gasteiger partial charge in [-0.05, 0) is 31.6 Å². The molecule has 1 fully saturated rings. The maximum atomic E-state index is 11.0. The number of nitro benzene ring substituents is 1. The van der Waals surface area contributed by atoms with E-state index in [1.54, 1.807) is 12.1 Å². The van der Waals surface area contributed by atoms with Crippen molar-refractivity contribution in [1.29, 1.82) is 0 Å². The maximum absolute atomic E-state index is 11.0. The lowest BCUT2D eigenvalue weighted by Gasteiger charge is -2.23. The minimum Gasteiger partial charge on any atom is -0.311 e. The first-order chi connectivity index (χ1) is 9.02. The smallest absolute Gasteiger partial charge is 0.275 e. The molecule has 0 bridgehead atoms. The Morgan fingerprint density at radius 3 is 3.00 bits per heavy atom. The van der Waals surface area contributed by atoms with Crippen molar-refractivity contribution in [3.8, 4) is 0 Å². The second-order valence-corrected chi connectivity index (χ2v) is 7.09. The van der Waals surface area contributed by atoms with Crippen molar-refractivity contribution >= 4 is 29.1 Å². The number of benzene rings is 1. The zero-order valence-corrected chi connectivity index (χ0v) is 12.4. The fourth-order valence-electron chi connectivity index (χ4n) is 2.32. The van der Waals surface area contributed by atoms with Gasteiger partial charge < -0.3 is 5.32 Å². The van der Waals surface area contributed by atoms with Crippen molar-refractivity contribution in [2.45, 2.75) is 31.1 Å². The Morgan fingerprint density at radius 2 is 2.37 bits per heavy atom. The molecule has 2 rings (SSSR count). The molecule has 1 aliphatic heterocycles. The molecular weight excluding hydrogens is 284 g/mol. The Balaban J connectivity index is 2.01. The molecule has 0 aliphatic carbocycles. The molecule has 0 amide bonds. The number of nitrogens with zero attached hydrogens (tertiary/aromatic N) is 1. The van der Waals surface area contributed by atoms with Gasteiger partial charge in [0.1, 0.15) is 0 Å². The first-order valence-electron chi connectivity index (χ1n) is 6.28. The standard InChI is InChI=1S/C13H17ClN2O2S/c1-13(6-3-7-19-13)9-15-8-10-11(14)4-2-5-12(10)16(17)18/h2,4-5,15H,3,6-9H2,1H3. The van der Waals surface area contributed by atoms with E-state index in [2.05, 4.69) is 12.2 Å². The van der Waals surface area contributed by atoms with E-state index < -0.39 is 0 Å². The van der Waals surface area contributed by atoms with Crippen LogP contribution < -0.4 is 5.32 Å². The van der Waals surface area contributed by atoms with E-state index in [4.69, 9.17) is 11.6 Å². The molecule has 1 unspecified atom stereocenters. The van der Waals surface area contributed by atoms with Gasteiger partial charge in [-0.1, -0.05) is 17.7 Å². The minimum absolute atomic E-state index is 0.0872. The van der Waals surface area contributed by atoms with Gasteiger partial charge in [-0.25, -0.2) is 0 Å². The molecule has 1 aromatic rings. The predicted molar refractivity (Wildman–Crippen MR) is 79.9 cm³/mol. The molecule has 0 radical (unpaired) electrons. The molecular formula is C13H17ClN2O2S. The Hall–Kier alpha value is -0.780. The van der Waals surface area contributed by atoms with Crippen LogP contribution in [-0.2, 0) is 6.54 Å². The number of thioether (sulfide) groups is 1. The van der Waals surface area contributed by atoms with E-state index >= 15 is 0 Å². The lowest BCUT2D eigenvalue weighted by atomic mass is 10.1. The highest BCUT2D eigenvalue weighted by Crippen LogP contribution is 2.37. The van der Waals surface area contributed by atoms with Crippen LogP contribution in [0.25, 0.3) is 0 Å². The van der Waals surface area contributed by atoms with E-state index in [-0.39, 0.29) is 15.4 Å². The van der Waals surface area contributed by atoms with Crippen LogP contribution in [0.15, 0.2) is 18.2 Å². The molecule has 1 atom stereocenters. The van der Waals surface area contributed by atoms with Crippen LogP contribution in [0.1, 0.15) is 25.3 Å². The summed E-state index contributed by atoms with van der Waals surface area (Å²) in [6.45, 7) is 3.52. The average Bonchev–Trinajstić information content (AvgIpc) is 2.78. The minimum atomic E-state index is -0.380. The van der Waals surface area contributed by atoms with Gasteiger partial charge in [0.2, 0.25) is 0 Å². The summed E-state index contributed by atoms with van der Waals surface area (Å²) < 4.78 is 0.246. The van der Waals surface area contributed by atoms with Crippen molar-refractivity contribution < 1.29 is 4.92 Å². The first kappa shape index (κ1) is 14.6. The van der Waals surface area contributed by atoms with Crippen molar-refractivity contribution in [2.24, 2.45) is 0 Å². The molecule has 0 spiro atoms. The Morgan fingerprint density at radius 1 is 1.58 bits per heavy atom. The predicted octanol–water partition coefficient (Wildman–Crippen LogP) is 3.62. The van der Waals surface area contributed by atoms with E-state index in [0.29, 0.717) is 17.1 Å². The van der Waals surface area contributed by atoms with Crippen LogP contribution in [0.2, 0.25) is 5.02 Å². The van der Waals surface area contributed by atoms with Gasteiger partial charge in [0.25, 0.3) is 5.69 Å². The number of halogens is 1. The third kappa shape index (κ3) is 3.61. The highest BCUT2D eigenvalue weighted by Gasteiger charge is 2.29. The molecule has 6 heteroatoms. The quantitative estimate of drug-likeness (QED) is 0.666. The number of rotatable bonds is 5. The molecule has 19 heavy (non-hydrogen) atoms. The Bertz CT molecular complexity index is 476. The third-order valence-corrected chi connectivity index (χ3v) is 5.28. The molecule has 1 aromatic carbocycles. The van der Waals surface area contributed by atoms with Crippen molar-refractivity contribution in [2.75, 3.05) is 12.3 Å². The van der Waals surface area contributed by atoms with Gasteiger partial charge in [-0.2, -0.15) is 11.8 Å². The fraction of sp³-hybridized carbons (Fsp3) is 0.538. The van der Waals surface area contributed by atoms with E-state index in [1.165, 1.54) is 24.7 Å². The molecule has 4 nitrogen and oxygen atoms in total. The van der Waals surface area contributed by atoms with Crippen LogP contribution in [0.4, 0.5) is 5.69 Å². The molecule has 104 valence electrons. The highest BCUT2D eigenvalue weighted by molar-refractivity contribution is 8.00. The topological polar surface area (TPSA) is 55.2 Å². The molecule has 1 aliphatic rings. The maximum Gasteiger partial charge on any atom is 0.275 e. The summed E-state index contributed by atoms with van der Waals surface area (Å²) in [6, 6.07) is 4.80. The summed E-state index contributed by atoms with van der Waals surface area (Å²) in [4.78, 5) is 10.6. The lowest BCUT2D eigenvalue weighted by Crippen LogP contribution is -2.32. The summed E-state index contributed by atoms with van der Waals surface area (Å²) in [7, 11) is 0. The summed E-state index contributed by atoms with van der Waals surface area (Å²) >= 11 is 8.02. The second-order valence-electron chi connectivity index (χ2n) is 5.00. The Labute approximate surface area is 122 Å². The lowest BCUT2D eigenvalue weighted by molar-refractivity contribution is -0.385. The Kier molecular flexibility index (Phi) is 4.71. The normalized spacial score (nSPS) is 22.6. The molecule has 1 N–H and O–H groups in total. The number of hydrogen-bond donors (Lipinski definition) is 1. The van der Waals surface area contributed by atoms with Crippen LogP contribution in [0.5, 0.6) is 0 Å². The van der Waals surface area contributed by atoms with E-state index in [1.807, 2.05) is 11.8 Å². The van der Waals surface area contributed by atoms with Gasteiger partial charge in [-0.3, -0.25) is 10.1 Å². The molecule has 1 heterocycles. The third-order valence-electron chi connectivity index (χ3n) is 3.39. The van der Waals surface area contributed by atoms with Crippen LogP contribution in [-0.4, -0.2) is 22.0 Å². The zero-order chi connectivity index (χ0) is 13.9. The van der Waals surface area contributed by atoms with Crippen molar-refractivity contribution in [1.82, 2.24) is 5.32 Å². The average molecular weight is 301 g/mol. The van der Waals surface area contributed by atoms with Gasteiger partial charge in [0, 0.05) is 23.9 Å². The summed E-state index contributed by atoms with van der Waals surface area (Å²) in [5.41, 5.74) is 0.657. The fourth-order valence-corrected chi connectivity index (χ4v) is 3.83. The molecule has 0 aromatic heterocycles. The largest absolute Gasteiger partial charge is 0.311 e. The van der Waals surface area contributed by atoms with E-state index in [9.17, 15) is 10.1 Å². The number of nitro groups is 1. The number of hydrogen-bond acceptors (Lipinski definition) is 4.